The minimum Gasteiger partial charge on any atom is -0.338 e. The third-order valence-corrected chi connectivity index (χ3v) is 7.80. The molecular formula is C24H34N5OS+. The zero-order valence-electron chi connectivity index (χ0n) is 18.4. The Morgan fingerprint density at radius 1 is 1.03 bits per heavy atom. The van der Waals surface area contributed by atoms with E-state index in [1.165, 1.54) is 45.2 Å². The molecule has 6 nitrogen and oxygen atoms in total. The van der Waals surface area contributed by atoms with Crippen LogP contribution in [0.3, 0.4) is 0 Å². The number of aryl methyl sites for hydroxylation is 1. The van der Waals surface area contributed by atoms with Gasteiger partial charge in [0.1, 0.15) is 5.82 Å². The zero-order valence-corrected chi connectivity index (χ0v) is 19.2. The van der Waals surface area contributed by atoms with E-state index in [1.807, 2.05) is 22.8 Å². The van der Waals surface area contributed by atoms with Gasteiger partial charge in [0.15, 0.2) is 5.11 Å². The fourth-order valence-electron chi connectivity index (χ4n) is 5.61. The molecule has 0 atom stereocenters. The summed E-state index contributed by atoms with van der Waals surface area (Å²) in [4.78, 5) is 21.9. The number of hydrogen-bond donors (Lipinski definition) is 2. The van der Waals surface area contributed by atoms with Crippen LogP contribution in [0.5, 0.6) is 0 Å². The summed E-state index contributed by atoms with van der Waals surface area (Å²) in [5.74, 6) is 0.935. The number of rotatable bonds is 2. The monoisotopic (exact) mass is 440 g/mol. The third-order valence-electron chi connectivity index (χ3n) is 7.44. The molecule has 1 aromatic carbocycles. The number of hydrogen-bond acceptors (Lipinski definition) is 3. The first-order valence-electron chi connectivity index (χ1n) is 12.1. The number of anilines is 1. The van der Waals surface area contributed by atoms with Crippen molar-refractivity contribution in [1.29, 1.82) is 0 Å². The van der Waals surface area contributed by atoms with Crippen LogP contribution in [0.4, 0.5) is 5.69 Å². The summed E-state index contributed by atoms with van der Waals surface area (Å²) in [7, 11) is 0. The normalized spacial score (nSPS) is 21.0. The first kappa shape index (κ1) is 20.9. The molecule has 166 valence electrons. The van der Waals surface area contributed by atoms with E-state index in [0.717, 1.165) is 73.5 Å². The Hall–Kier alpha value is -1.99. The summed E-state index contributed by atoms with van der Waals surface area (Å²) in [6, 6.07) is 6.74. The average Bonchev–Trinajstić information content (AvgIpc) is 3.06. The molecule has 1 aromatic heterocycles. The van der Waals surface area contributed by atoms with Gasteiger partial charge in [0.2, 0.25) is 0 Å². The van der Waals surface area contributed by atoms with E-state index in [9.17, 15) is 4.79 Å². The Morgan fingerprint density at radius 2 is 1.81 bits per heavy atom. The highest BCUT2D eigenvalue weighted by atomic mass is 32.1. The van der Waals surface area contributed by atoms with Gasteiger partial charge in [-0.25, -0.2) is 4.98 Å². The number of fused-ring (bicyclic) bond motifs is 2. The Kier molecular flexibility index (Phi) is 6.23. The topological polar surface area (TPSA) is 54.6 Å². The predicted octanol–water partition coefficient (Wildman–Crippen LogP) is 2.35. The van der Waals surface area contributed by atoms with E-state index in [-0.39, 0.29) is 5.56 Å². The second kappa shape index (κ2) is 9.25. The Balaban J connectivity index is 1.26. The fourth-order valence-corrected chi connectivity index (χ4v) is 5.91. The highest BCUT2D eigenvalue weighted by Gasteiger charge is 2.29. The van der Waals surface area contributed by atoms with Gasteiger partial charge < -0.3 is 15.1 Å². The standard InChI is InChI=1S/C24H33N5OS/c30-23-20-17-18(10-11-21(20)26-22-9-5-2-6-12-29(22)23)25-24(31)28-15-13-27(14-16-28)19-7-3-1-4-8-19/h10-11,17,19H,1-9,12-16H2,(H,25,31)/p+1. The number of aromatic nitrogens is 2. The van der Waals surface area contributed by atoms with Gasteiger partial charge in [0, 0.05) is 18.7 Å². The molecule has 2 aromatic rings. The van der Waals surface area contributed by atoms with Gasteiger partial charge in [0.25, 0.3) is 5.56 Å². The molecule has 3 aliphatic rings. The van der Waals surface area contributed by atoms with Crippen LogP contribution in [0.1, 0.15) is 57.2 Å². The van der Waals surface area contributed by atoms with Gasteiger partial charge in [-0.3, -0.25) is 9.36 Å². The number of piperazine rings is 1. The molecule has 0 spiro atoms. The lowest BCUT2D eigenvalue weighted by Gasteiger charge is -2.38. The van der Waals surface area contributed by atoms with Crippen molar-refractivity contribution >= 4 is 33.9 Å². The van der Waals surface area contributed by atoms with Crippen molar-refractivity contribution in [3.8, 4) is 0 Å². The van der Waals surface area contributed by atoms with E-state index in [2.05, 4.69) is 10.2 Å². The van der Waals surface area contributed by atoms with E-state index >= 15 is 0 Å². The molecule has 1 saturated heterocycles. The van der Waals surface area contributed by atoms with Crippen molar-refractivity contribution < 1.29 is 4.90 Å². The second-order valence-corrected chi connectivity index (χ2v) is 9.82. The highest BCUT2D eigenvalue weighted by Crippen LogP contribution is 2.19. The number of thiocarbonyl (C=S) groups is 1. The maximum absolute atomic E-state index is 13.1. The molecule has 0 unspecified atom stereocenters. The molecule has 0 radical (unpaired) electrons. The molecule has 0 amide bonds. The summed E-state index contributed by atoms with van der Waals surface area (Å²) in [5.41, 5.74) is 1.76. The average molecular weight is 441 g/mol. The van der Waals surface area contributed by atoms with Crippen LogP contribution >= 0.6 is 12.2 Å². The number of nitrogens with zero attached hydrogens (tertiary/aromatic N) is 3. The molecule has 2 N–H and O–H groups in total. The Bertz CT molecular complexity index is 1000. The van der Waals surface area contributed by atoms with Crippen molar-refractivity contribution in [2.75, 3.05) is 31.5 Å². The zero-order chi connectivity index (χ0) is 21.2. The number of quaternary nitrogens is 1. The smallest absolute Gasteiger partial charge is 0.261 e. The van der Waals surface area contributed by atoms with Crippen LogP contribution in [0.15, 0.2) is 23.0 Å². The van der Waals surface area contributed by atoms with Gasteiger partial charge >= 0.3 is 0 Å². The summed E-state index contributed by atoms with van der Waals surface area (Å²) in [6.07, 6.45) is 11.2. The SMILES string of the molecule is O=c1c2cc(NC(=S)N3CC[NH+](C4CCCCC4)CC3)ccc2nc2n1CCCCC2. The van der Waals surface area contributed by atoms with Gasteiger partial charge in [-0.15, -0.1) is 0 Å². The molecule has 7 heteroatoms. The first-order chi connectivity index (χ1) is 15.2. The first-order valence-corrected chi connectivity index (χ1v) is 12.5. The third kappa shape index (κ3) is 4.48. The number of benzene rings is 1. The minimum absolute atomic E-state index is 0.0844. The van der Waals surface area contributed by atoms with Crippen LogP contribution in [0.2, 0.25) is 0 Å². The van der Waals surface area contributed by atoms with Crippen molar-refractivity contribution in [2.24, 2.45) is 0 Å². The quantitative estimate of drug-likeness (QED) is 0.702. The minimum atomic E-state index is 0.0844. The van der Waals surface area contributed by atoms with Crippen molar-refractivity contribution in [3.63, 3.8) is 0 Å². The van der Waals surface area contributed by atoms with Gasteiger partial charge in [-0.05, 0) is 68.9 Å². The fraction of sp³-hybridized carbons (Fsp3) is 0.625. The molecule has 5 rings (SSSR count). The van der Waals surface area contributed by atoms with Crippen LogP contribution in [0, 0.1) is 0 Å². The van der Waals surface area contributed by atoms with Crippen LogP contribution in [-0.2, 0) is 13.0 Å². The number of nitrogens with one attached hydrogen (secondary N) is 2. The van der Waals surface area contributed by atoms with Crippen LogP contribution < -0.4 is 15.8 Å². The van der Waals surface area contributed by atoms with Crippen molar-refractivity contribution in [3.05, 3.63) is 34.4 Å². The highest BCUT2D eigenvalue weighted by molar-refractivity contribution is 7.80. The van der Waals surface area contributed by atoms with Crippen LogP contribution in [0.25, 0.3) is 10.9 Å². The van der Waals surface area contributed by atoms with Gasteiger partial charge in [0.05, 0.1) is 43.1 Å². The maximum atomic E-state index is 13.1. The summed E-state index contributed by atoms with van der Waals surface area (Å²) < 4.78 is 1.88. The summed E-state index contributed by atoms with van der Waals surface area (Å²) in [5, 5.41) is 4.84. The molecule has 3 heterocycles. The predicted molar refractivity (Wildman–Crippen MR) is 129 cm³/mol. The van der Waals surface area contributed by atoms with Gasteiger partial charge in [-0.1, -0.05) is 12.8 Å². The molecular weight excluding hydrogens is 406 g/mol. The van der Waals surface area contributed by atoms with E-state index in [1.54, 1.807) is 4.90 Å². The lowest BCUT2D eigenvalue weighted by atomic mass is 9.94. The molecule has 2 fully saturated rings. The van der Waals surface area contributed by atoms with Gasteiger partial charge in [-0.2, -0.15) is 0 Å². The maximum Gasteiger partial charge on any atom is 0.261 e. The molecule has 31 heavy (non-hydrogen) atoms. The Labute approximate surface area is 189 Å². The van der Waals surface area contributed by atoms with Crippen LogP contribution in [-0.4, -0.2) is 51.8 Å². The van der Waals surface area contributed by atoms with E-state index < -0.39 is 0 Å². The summed E-state index contributed by atoms with van der Waals surface area (Å²) >= 11 is 5.73. The molecule has 1 saturated carbocycles. The van der Waals surface area contributed by atoms with Crippen molar-refractivity contribution in [1.82, 2.24) is 14.5 Å². The second-order valence-electron chi connectivity index (χ2n) is 9.44. The van der Waals surface area contributed by atoms with E-state index in [0.29, 0.717) is 5.39 Å². The molecule has 2 aliphatic heterocycles. The summed E-state index contributed by atoms with van der Waals surface area (Å²) in [6.45, 7) is 5.12. The lowest BCUT2D eigenvalue weighted by molar-refractivity contribution is -0.930. The van der Waals surface area contributed by atoms with Crippen molar-refractivity contribution in [2.45, 2.75) is 70.4 Å². The molecule has 0 bridgehead atoms. The lowest BCUT2D eigenvalue weighted by Crippen LogP contribution is -3.18. The largest absolute Gasteiger partial charge is 0.338 e. The van der Waals surface area contributed by atoms with E-state index in [4.69, 9.17) is 17.2 Å². The molecule has 1 aliphatic carbocycles. The Morgan fingerprint density at radius 3 is 2.61 bits per heavy atom.